The summed E-state index contributed by atoms with van der Waals surface area (Å²) in [7, 11) is 3.35. The Morgan fingerprint density at radius 1 is 0.917 bits per heavy atom. The SMILES string of the molecule is COc1cccc(C2=C(C)c3cc(OC)ccc3OC2c2ccc(OCCN3CC(CF)C3)cc2)c1. The molecule has 5 rings (SSSR count). The van der Waals surface area contributed by atoms with Crippen molar-refractivity contribution in [1.29, 1.82) is 0 Å². The van der Waals surface area contributed by atoms with Gasteiger partial charge in [-0.3, -0.25) is 9.29 Å². The number of rotatable bonds is 9. The second-order valence-electron chi connectivity index (χ2n) is 9.33. The van der Waals surface area contributed by atoms with Crippen LogP contribution in [0.2, 0.25) is 0 Å². The number of benzene rings is 3. The van der Waals surface area contributed by atoms with Crippen LogP contribution in [0.5, 0.6) is 23.0 Å². The number of ether oxygens (including phenoxy) is 4. The topological polar surface area (TPSA) is 40.2 Å². The number of fused-ring (bicyclic) bond motifs is 1. The van der Waals surface area contributed by atoms with E-state index < -0.39 is 0 Å². The fourth-order valence-corrected chi connectivity index (χ4v) is 4.94. The molecule has 0 spiro atoms. The van der Waals surface area contributed by atoms with Crippen LogP contribution in [0.1, 0.15) is 29.7 Å². The van der Waals surface area contributed by atoms with Crippen molar-refractivity contribution in [1.82, 2.24) is 4.90 Å². The summed E-state index contributed by atoms with van der Waals surface area (Å²) in [5, 5.41) is 0. The van der Waals surface area contributed by atoms with Crippen LogP contribution in [0.3, 0.4) is 0 Å². The molecule has 2 aliphatic rings. The summed E-state index contributed by atoms with van der Waals surface area (Å²) >= 11 is 0. The van der Waals surface area contributed by atoms with Crippen LogP contribution >= 0.6 is 0 Å². The van der Waals surface area contributed by atoms with Crippen LogP contribution in [0, 0.1) is 5.92 Å². The first-order valence-electron chi connectivity index (χ1n) is 12.3. The number of hydrogen-bond donors (Lipinski definition) is 0. The third-order valence-corrected chi connectivity index (χ3v) is 6.99. The summed E-state index contributed by atoms with van der Waals surface area (Å²) in [5.74, 6) is 3.42. The maximum atomic E-state index is 12.6. The number of likely N-dealkylation sites (tertiary alicyclic amines) is 1. The molecular weight excluding hydrogens is 457 g/mol. The van der Waals surface area contributed by atoms with Crippen LogP contribution in [-0.4, -0.2) is 52.0 Å². The largest absolute Gasteiger partial charge is 0.497 e. The van der Waals surface area contributed by atoms with E-state index >= 15 is 0 Å². The van der Waals surface area contributed by atoms with Gasteiger partial charge in [0, 0.05) is 36.7 Å². The first kappa shape index (κ1) is 24.2. The van der Waals surface area contributed by atoms with Gasteiger partial charge in [-0.05, 0) is 66.1 Å². The van der Waals surface area contributed by atoms with Gasteiger partial charge in [0.1, 0.15) is 35.7 Å². The number of nitrogens with zero attached hydrogens (tertiary/aromatic N) is 1. The Bertz CT molecular complexity index is 1230. The number of hydrogen-bond acceptors (Lipinski definition) is 5. The molecule has 0 aliphatic carbocycles. The van der Waals surface area contributed by atoms with E-state index in [2.05, 4.69) is 30.0 Å². The van der Waals surface area contributed by atoms with Gasteiger partial charge in [-0.15, -0.1) is 0 Å². The third kappa shape index (κ3) is 4.91. The first-order valence-corrected chi connectivity index (χ1v) is 12.3. The van der Waals surface area contributed by atoms with Crippen LogP contribution in [0.15, 0.2) is 66.7 Å². The molecule has 1 unspecified atom stereocenters. The van der Waals surface area contributed by atoms with Gasteiger partial charge >= 0.3 is 0 Å². The zero-order chi connectivity index (χ0) is 25.1. The summed E-state index contributed by atoms with van der Waals surface area (Å²) in [6, 6.07) is 22.1. The number of alkyl halides is 1. The summed E-state index contributed by atoms with van der Waals surface area (Å²) in [5.41, 5.74) is 5.32. The smallest absolute Gasteiger partial charge is 0.150 e. The lowest BCUT2D eigenvalue weighted by Crippen LogP contribution is -2.49. The average molecular weight is 490 g/mol. The van der Waals surface area contributed by atoms with Gasteiger partial charge < -0.3 is 18.9 Å². The van der Waals surface area contributed by atoms with Crippen molar-refractivity contribution < 1.29 is 23.3 Å². The standard InChI is InChI=1S/C30H32FNO4/c1-20-27-16-26(34-3)11-12-28(27)36-30(29(20)23-5-4-6-25(15-23)33-2)22-7-9-24(10-8-22)35-14-13-32-18-21(17-31)19-32/h4-12,15-16,21,30H,13-14,17-19H2,1-3H3. The fourth-order valence-electron chi connectivity index (χ4n) is 4.94. The molecule has 0 radical (unpaired) electrons. The molecule has 1 fully saturated rings. The van der Waals surface area contributed by atoms with Crippen molar-refractivity contribution in [2.75, 3.05) is 47.1 Å². The van der Waals surface area contributed by atoms with E-state index in [4.69, 9.17) is 18.9 Å². The van der Waals surface area contributed by atoms with E-state index in [1.807, 2.05) is 48.5 Å². The zero-order valence-electron chi connectivity index (χ0n) is 21.0. The van der Waals surface area contributed by atoms with Gasteiger partial charge in [-0.1, -0.05) is 24.3 Å². The van der Waals surface area contributed by atoms with Gasteiger partial charge in [-0.25, -0.2) is 0 Å². The molecule has 5 nitrogen and oxygen atoms in total. The molecule has 3 aromatic carbocycles. The molecule has 1 atom stereocenters. The van der Waals surface area contributed by atoms with E-state index in [1.165, 1.54) is 0 Å². The second kappa shape index (κ2) is 10.6. The van der Waals surface area contributed by atoms with E-state index in [9.17, 15) is 4.39 Å². The molecule has 0 saturated carbocycles. The molecule has 2 heterocycles. The quantitative estimate of drug-likeness (QED) is 0.366. The Morgan fingerprint density at radius 3 is 2.36 bits per heavy atom. The molecule has 6 heteroatoms. The van der Waals surface area contributed by atoms with Crippen LogP contribution < -0.4 is 18.9 Å². The molecule has 0 amide bonds. The Labute approximate surface area is 212 Å². The molecule has 3 aromatic rings. The van der Waals surface area contributed by atoms with Crippen molar-refractivity contribution in [3.63, 3.8) is 0 Å². The van der Waals surface area contributed by atoms with E-state index in [0.29, 0.717) is 6.61 Å². The van der Waals surface area contributed by atoms with Gasteiger partial charge in [0.15, 0.2) is 0 Å². The number of methoxy groups -OCH3 is 2. The van der Waals surface area contributed by atoms with Crippen molar-refractivity contribution in [2.24, 2.45) is 5.92 Å². The molecule has 1 saturated heterocycles. The van der Waals surface area contributed by atoms with E-state index in [1.54, 1.807) is 14.2 Å². The van der Waals surface area contributed by atoms with Crippen molar-refractivity contribution in [3.05, 3.63) is 83.4 Å². The molecule has 0 aromatic heterocycles. The maximum absolute atomic E-state index is 12.6. The number of halogens is 1. The fraction of sp³-hybridized carbons (Fsp3) is 0.333. The van der Waals surface area contributed by atoms with Gasteiger partial charge in [0.05, 0.1) is 20.9 Å². The zero-order valence-corrected chi connectivity index (χ0v) is 21.0. The molecule has 36 heavy (non-hydrogen) atoms. The highest BCUT2D eigenvalue weighted by atomic mass is 19.1. The summed E-state index contributed by atoms with van der Waals surface area (Å²) in [4.78, 5) is 2.22. The highest BCUT2D eigenvalue weighted by Crippen LogP contribution is 2.47. The molecule has 0 N–H and O–H groups in total. The first-order chi connectivity index (χ1) is 17.6. The predicted octanol–water partition coefficient (Wildman–Crippen LogP) is 6.05. The lowest BCUT2D eigenvalue weighted by molar-refractivity contribution is 0.0668. The van der Waals surface area contributed by atoms with Gasteiger partial charge in [0.2, 0.25) is 0 Å². The lowest BCUT2D eigenvalue weighted by Gasteiger charge is -2.37. The van der Waals surface area contributed by atoms with Crippen LogP contribution in [0.4, 0.5) is 4.39 Å². The minimum Gasteiger partial charge on any atom is -0.497 e. The minimum atomic E-state index is -0.286. The summed E-state index contributed by atoms with van der Waals surface area (Å²) in [6.07, 6.45) is -0.286. The lowest BCUT2D eigenvalue weighted by atomic mass is 9.86. The van der Waals surface area contributed by atoms with Crippen LogP contribution in [0.25, 0.3) is 11.1 Å². The van der Waals surface area contributed by atoms with Crippen molar-refractivity contribution >= 4 is 11.1 Å². The van der Waals surface area contributed by atoms with Gasteiger partial charge in [0.25, 0.3) is 0 Å². The van der Waals surface area contributed by atoms with Crippen molar-refractivity contribution in [3.8, 4) is 23.0 Å². The minimum absolute atomic E-state index is 0.196. The monoisotopic (exact) mass is 489 g/mol. The molecule has 188 valence electrons. The molecule has 0 bridgehead atoms. The summed E-state index contributed by atoms with van der Waals surface area (Å²) in [6.45, 7) is 4.94. The highest BCUT2D eigenvalue weighted by molar-refractivity contribution is 5.95. The summed E-state index contributed by atoms with van der Waals surface area (Å²) < 4.78 is 36.1. The maximum Gasteiger partial charge on any atom is 0.150 e. The average Bonchev–Trinajstić information content (AvgIpc) is 2.90. The van der Waals surface area contributed by atoms with E-state index in [-0.39, 0.29) is 18.7 Å². The molecule has 2 aliphatic heterocycles. The second-order valence-corrected chi connectivity index (χ2v) is 9.33. The Balaban J connectivity index is 1.40. The Morgan fingerprint density at radius 2 is 1.64 bits per heavy atom. The Hall–Kier alpha value is -3.51. The highest BCUT2D eigenvalue weighted by Gasteiger charge is 2.30. The Kier molecular flexibility index (Phi) is 7.14. The normalized spacial score (nSPS) is 17.7. The van der Waals surface area contributed by atoms with Gasteiger partial charge in [-0.2, -0.15) is 0 Å². The predicted molar refractivity (Wildman–Crippen MR) is 140 cm³/mol. The third-order valence-electron chi connectivity index (χ3n) is 6.99. The van der Waals surface area contributed by atoms with Crippen molar-refractivity contribution in [2.45, 2.75) is 13.0 Å². The number of allylic oxidation sites excluding steroid dienone is 1. The molecular formula is C30H32FNO4. The van der Waals surface area contributed by atoms with Crippen LogP contribution in [-0.2, 0) is 0 Å². The van der Waals surface area contributed by atoms with E-state index in [0.717, 1.165) is 70.5 Å².